The van der Waals surface area contributed by atoms with E-state index >= 15 is 0 Å². The lowest BCUT2D eigenvalue weighted by Gasteiger charge is -2.10. The Hall–Kier alpha value is -6.85. The van der Waals surface area contributed by atoms with Gasteiger partial charge in [0.2, 0.25) is 0 Å². The second-order valence-corrected chi connectivity index (χ2v) is 12.4. The molecule has 0 aliphatic rings. The van der Waals surface area contributed by atoms with E-state index in [2.05, 4.69) is 95.6 Å². The van der Waals surface area contributed by atoms with Crippen molar-refractivity contribution in [3.8, 4) is 51.0 Å². The third-order valence-corrected chi connectivity index (χ3v) is 9.47. The maximum absolute atomic E-state index is 6.41. The zero-order valence-electron chi connectivity index (χ0n) is 26.9. The monoisotopic (exact) mass is 640 g/mol. The van der Waals surface area contributed by atoms with Gasteiger partial charge in [-0.1, -0.05) is 121 Å². The first-order valence-electron chi connectivity index (χ1n) is 16.7. The third-order valence-electron chi connectivity index (χ3n) is 9.47. The number of hydrogen-bond acceptors (Lipinski definition) is 4. The molecule has 0 aliphatic heterocycles. The molecule has 0 spiro atoms. The van der Waals surface area contributed by atoms with Crippen molar-refractivity contribution < 1.29 is 4.42 Å². The number of nitrogens with zero attached hydrogens (tertiary/aromatic N) is 4. The van der Waals surface area contributed by atoms with Crippen LogP contribution in [0.5, 0.6) is 0 Å². The summed E-state index contributed by atoms with van der Waals surface area (Å²) in [7, 11) is 0. The van der Waals surface area contributed by atoms with E-state index in [-0.39, 0.29) is 0 Å². The fourth-order valence-corrected chi connectivity index (χ4v) is 7.13. The van der Waals surface area contributed by atoms with Crippen molar-refractivity contribution in [3.05, 3.63) is 170 Å². The zero-order valence-corrected chi connectivity index (χ0v) is 26.9. The molecule has 0 unspecified atom stereocenters. The summed E-state index contributed by atoms with van der Waals surface area (Å²) in [5, 5.41) is 4.59. The van der Waals surface area contributed by atoms with E-state index in [1.807, 2.05) is 78.9 Å². The standard InChI is InChI=1S/C45H28N4O/c1-3-12-30(13-4-1)43-46-44(31-14-5-2-6-15-31)48-45(47-43)32-24-27-40-37(28-32)42-34(18-11-21-41(42)50-40)29-22-25-33(26-23-29)49-38-19-9-7-16-35(38)36-17-8-10-20-39(36)49/h1-28H. The van der Waals surface area contributed by atoms with Crippen molar-refractivity contribution >= 4 is 43.7 Å². The molecule has 7 aromatic carbocycles. The fourth-order valence-electron chi connectivity index (χ4n) is 7.13. The molecule has 3 aromatic heterocycles. The lowest BCUT2D eigenvalue weighted by Crippen LogP contribution is -2.00. The van der Waals surface area contributed by atoms with Crippen LogP contribution in [0, 0.1) is 0 Å². The number of fused-ring (bicyclic) bond motifs is 6. The van der Waals surface area contributed by atoms with Crippen molar-refractivity contribution in [1.29, 1.82) is 0 Å². The van der Waals surface area contributed by atoms with E-state index in [0.717, 1.165) is 55.4 Å². The van der Waals surface area contributed by atoms with Crippen LogP contribution in [0.25, 0.3) is 94.7 Å². The van der Waals surface area contributed by atoms with Gasteiger partial charge in [-0.2, -0.15) is 0 Å². The molecule has 3 heterocycles. The van der Waals surface area contributed by atoms with Crippen LogP contribution in [0.2, 0.25) is 0 Å². The maximum Gasteiger partial charge on any atom is 0.164 e. The number of furan rings is 1. The van der Waals surface area contributed by atoms with E-state index in [1.165, 1.54) is 21.8 Å². The van der Waals surface area contributed by atoms with E-state index in [1.54, 1.807) is 0 Å². The Labute approximate surface area is 287 Å². The summed E-state index contributed by atoms with van der Waals surface area (Å²) in [5.74, 6) is 1.88. The SMILES string of the molecule is c1ccc(-c2nc(-c3ccccc3)nc(-c3ccc4oc5cccc(-c6ccc(-n7c8ccccc8c8ccccc87)cc6)c5c4c3)n2)cc1. The molecule has 0 N–H and O–H groups in total. The lowest BCUT2D eigenvalue weighted by atomic mass is 9.98. The molecule has 0 aliphatic carbocycles. The number of aromatic nitrogens is 4. The summed E-state index contributed by atoms with van der Waals surface area (Å²) in [6.45, 7) is 0. The Morgan fingerprint density at radius 2 is 0.920 bits per heavy atom. The minimum atomic E-state index is 0.613. The third kappa shape index (κ3) is 4.60. The van der Waals surface area contributed by atoms with Gasteiger partial charge < -0.3 is 8.98 Å². The molecule has 5 heteroatoms. The van der Waals surface area contributed by atoms with Crippen LogP contribution in [0.1, 0.15) is 0 Å². The van der Waals surface area contributed by atoms with Crippen molar-refractivity contribution in [2.75, 3.05) is 0 Å². The van der Waals surface area contributed by atoms with Crippen LogP contribution in [-0.2, 0) is 0 Å². The van der Waals surface area contributed by atoms with Crippen LogP contribution in [0.4, 0.5) is 0 Å². The normalized spacial score (nSPS) is 11.6. The van der Waals surface area contributed by atoms with Gasteiger partial charge in [0.25, 0.3) is 0 Å². The van der Waals surface area contributed by atoms with E-state index in [9.17, 15) is 0 Å². The Morgan fingerprint density at radius 1 is 0.380 bits per heavy atom. The molecule has 234 valence electrons. The van der Waals surface area contributed by atoms with Crippen LogP contribution >= 0.6 is 0 Å². The van der Waals surface area contributed by atoms with Gasteiger partial charge >= 0.3 is 0 Å². The van der Waals surface area contributed by atoms with Gasteiger partial charge in [-0.05, 0) is 59.7 Å². The smallest absolute Gasteiger partial charge is 0.164 e. The molecular formula is C45H28N4O. The first-order valence-corrected chi connectivity index (χ1v) is 16.7. The predicted octanol–water partition coefficient (Wildman–Crippen LogP) is 11.5. The van der Waals surface area contributed by atoms with Crippen molar-refractivity contribution in [3.63, 3.8) is 0 Å². The summed E-state index contributed by atoms with van der Waals surface area (Å²) in [5.41, 5.74) is 10.2. The predicted molar refractivity (Wildman–Crippen MR) is 203 cm³/mol. The second kappa shape index (κ2) is 11.4. The Morgan fingerprint density at radius 3 is 1.54 bits per heavy atom. The highest BCUT2D eigenvalue weighted by molar-refractivity contribution is 6.13. The lowest BCUT2D eigenvalue weighted by molar-refractivity contribution is 0.669. The van der Waals surface area contributed by atoms with Gasteiger partial charge in [0.15, 0.2) is 17.5 Å². The largest absolute Gasteiger partial charge is 0.456 e. The van der Waals surface area contributed by atoms with Crippen LogP contribution in [-0.4, -0.2) is 19.5 Å². The van der Waals surface area contributed by atoms with Gasteiger partial charge in [-0.15, -0.1) is 0 Å². The molecule has 0 saturated carbocycles. The van der Waals surface area contributed by atoms with Gasteiger partial charge in [0, 0.05) is 43.9 Å². The molecule has 10 rings (SSSR count). The molecule has 50 heavy (non-hydrogen) atoms. The quantitative estimate of drug-likeness (QED) is 0.188. The van der Waals surface area contributed by atoms with Gasteiger partial charge in [-0.3, -0.25) is 0 Å². The zero-order chi connectivity index (χ0) is 33.0. The van der Waals surface area contributed by atoms with Crippen LogP contribution < -0.4 is 0 Å². The summed E-state index contributed by atoms with van der Waals surface area (Å²) < 4.78 is 8.76. The molecule has 0 saturated heterocycles. The molecule has 10 aromatic rings. The van der Waals surface area contributed by atoms with Crippen LogP contribution in [0.15, 0.2) is 174 Å². The average molecular weight is 641 g/mol. The van der Waals surface area contributed by atoms with E-state index in [4.69, 9.17) is 19.4 Å². The highest BCUT2D eigenvalue weighted by Gasteiger charge is 2.17. The summed E-state index contributed by atoms with van der Waals surface area (Å²) in [6.07, 6.45) is 0. The van der Waals surface area contributed by atoms with Gasteiger partial charge in [0.05, 0.1) is 11.0 Å². The summed E-state index contributed by atoms with van der Waals surface area (Å²) in [6, 6.07) is 58.6. The summed E-state index contributed by atoms with van der Waals surface area (Å²) >= 11 is 0. The topological polar surface area (TPSA) is 56.7 Å². The van der Waals surface area contributed by atoms with Gasteiger partial charge in [0.1, 0.15) is 11.2 Å². The number of rotatable bonds is 5. The first kappa shape index (κ1) is 28.2. The van der Waals surface area contributed by atoms with Gasteiger partial charge in [-0.25, -0.2) is 15.0 Å². The Kier molecular flexibility index (Phi) is 6.42. The van der Waals surface area contributed by atoms with E-state index in [0.29, 0.717) is 17.5 Å². The molecule has 0 radical (unpaired) electrons. The molecule has 0 amide bonds. The minimum absolute atomic E-state index is 0.613. The number of para-hydroxylation sites is 2. The second-order valence-electron chi connectivity index (χ2n) is 12.4. The minimum Gasteiger partial charge on any atom is -0.456 e. The molecule has 5 nitrogen and oxygen atoms in total. The maximum atomic E-state index is 6.41. The van der Waals surface area contributed by atoms with Crippen LogP contribution in [0.3, 0.4) is 0 Å². The highest BCUT2D eigenvalue weighted by Crippen LogP contribution is 2.39. The van der Waals surface area contributed by atoms with Crippen molar-refractivity contribution in [2.45, 2.75) is 0 Å². The average Bonchev–Trinajstić information content (AvgIpc) is 3.74. The molecule has 0 atom stereocenters. The Balaban J connectivity index is 1.11. The number of hydrogen-bond donors (Lipinski definition) is 0. The first-order chi connectivity index (χ1) is 24.8. The Bertz CT molecular complexity index is 2740. The number of benzene rings is 7. The van der Waals surface area contributed by atoms with Crippen molar-refractivity contribution in [1.82, 2.24) is 19.5 Å². The molecule has 0 fully saturated rings. The highest BCUT2D eigenvalue weighted by atomic mass is 16.3. The summed E-state index contributed by atoms with van der Waals surface area (Å²) in [4.78, 5) is 14.8. The van der Waals surface area contributed by atoms with E-state index < -0.39 is 0 Å². The fraction of sp³-hybridized carbons (Fsp3) is 0. The van der Waals surface area contributed by atoms with Crippen molar-refractivity contribution in [2.24, 2.45) is 0 Å². The molecule has 0 bridgehead atoms. The molecular weight excluding hydrogens is 613 g/mol.